The summed E-state index contributed by atoms with van der Waals surface area (Å²) in [6.07, 6.45) is 9.71. The Labute approximate surface area is 183 Å². The topological polar surface area (TPSA) is 38.2 Å². The minimum Gasteiger partial charge on any atom is -0.497 e. The van der Waals surface area contributed by atoms with Crippen molar-refractivity contribution in [3.8, 4) is 16.2 Å². The molecule has 0 radical (unpaired) electrons. The van der Waals surface area contributed by atoms with Crippen LogP contribution in [0.4, 0.5) is 0 Å². The second-order valence-electron chi connectivity index (χ2n) is 8.49. The van der Waals surface area contributed by atoms with Gasteiger partial charge in [0.2, 0.25) is 0 Å². The molecule has 2 aromatic heterocycles. The van der Waals surface area contributed by atoms with Crippen molar-refractivity contribution in [3.63, 3.8) is 0 Å². The van der Waals surface area contributed by atoms with Crippen LogP contribution in [0.1, 0.15) is 60.0 Å². The van der Waals surface area contributed by atoms with Crippen LogP contribution in [0.5, 0.6) is 5.75 Å². The van der Waals surface area contributed by atoms with E-state index >= 15 is 0 Å². The maximum atomic E-state index is 5.27. The molecule has 0 amide bonds. The van der Waals surface area contributed by atoms with E-state index in [2.05, 4.69) is 35.4 Å². The summed E-state index contributed by atoms with van der Waals surface area (Å²) in [7, 11) is 1.71. The highest BCUT2D eigenvalue weighted by Crippen LogP contribution is 2.33. The van der Waals surface area contributed by atoms with Crippen LogP contribution in [0, 0.1) is 0 Å². The predicted molar refractivity (Wildman–Crippen MR) is 122 cm³/mol. The third kappa shape index (κ3) is 4.28. The molecule has 2 aliphatic rings. The molecule has 5 rings (SSSR count). The summed E-state index contributed by atoms with van der Waals surface area (Å²) in [4.78, 5) is 15.0. The fraction of sp³-hybridized carbons (Fsp3) is 0.440. The number of hydrogen-bond acceptors (Lipinski definition) is 5. The SMILES string of the molecule is COc1ccc(-c2ccc(CN3CCc4nc(C5CCCCC5)ncc4C3)s2)cc1. The van der Waals surface area contributed by atoms with Gasteiger partial charge < -0.3 is 4.74 Å². The molecule has 0 N–H and O–H groups in total. The van der Waals surface area contributed by atoms with Gasteiger partial charge in [-0.25, -0.2) is 9.97 Å². The van der Waals surface area contributed by atoms with Crippen LogP contribution in [0.25, 0.3) is 10.4 Å². The van der Waals surface area contributed by atoms with Gasteiger partial charge >= 0.3 is 0 Å². The number of hydrogen-bond donors (Lipinski definition) is 0. The summed E-state index contributed by atoms with van der Waals surface area (Å²) in [6.45, 7) is 3.02. The van der Waals surface area contributed by atoms with Crippen molar-refractivity contribution in [2.24, 2.45) is 0 Å². The Morgan fingerprint density at radius 2 is 1.90 bits per heavy atom. The fourth-order valence-corrected chi connectivity index (χ4v) is 5.73. The molecule has 0 atom stereocenters. The number of ether oxygens (including phenoxy) is 1. The monoisotopic (exact) mass is 419 g/mol. The minimum absolute atomic E-state index is 0.588. The number of thiophene rings is 1. The maximum absolute atomic E-state index is 5.27. The van der Waals surface area contributed by atoms with Crippen molar-refractivity contribution in [3.05, 3.63) is 64.6 Å². The number of fused-ring (bicyclic) bond motifs is 1. The van der Waals surface area contributed by atoms with E-state index in [1.165, 1.54) is 58.7 Å². The van der Waals surface area contributed by atoms with Crippen molar-refractivity contribution in [1.82, 2.24) is 14.9 Å². The summed E-state index contributed by atoms with van der Waals surface area (Å²) in [6, 6.07) is 12.8. The van der Waals surface area contributed by atoms with Gasteiger partial charge in [-0.3, -0.25) is 4.90 Å². The first-order valence-electron chi connectivity index (χ1n) is 11.1. The quantitative estimate of drug-likeness (QED) is 0.522. The van der Waals surface area contributed by atoms with Crippen molar-refractivity contribution < 1.29 is 4.74 Å². The molecule has 3 aromatic rings. The van der Waals surface area contributed by atoms with Gasteiger partial charge in [-0.1, -0.05) is 19.3 Å². The minimum atomic E-state index is 0.588. The van der Waals surface area contributed by atoms with E-state index < -0.39 is 0 Å². The lowest BCUT2D eigenvalue weighted by Crippen LogP contribution is -2.31. The van der Waals surface area contributed by atoms with Gasteiger partial charge in [-0.15, -0.1) is 11.3 Å². The molecule has 1 aromatic carbocycles. The molecule has 1 aliphatic heterocycles. The van der Waals surface area contributed by atoms with Crippen LogP contribution in [0.2, 0.25) is 0 Å². The van der Waals surface area contributed by atoms with Crippen LogP contribution < -0.4 is 4.74 Å². The lowest BCUT2D eigenvalue weighted by Gasteiger charge is -2.28. The Bertz CT molecular complexity index is 992. The molecule has 0 saturated heterocycles. The average Bonchev–Trinajstić information content (AvgIpc) is 3.28. The lowest BCUT2D eigenvalue weighted by molar-refractivity contribution is 0.244. The first-order valence-corrected chi connectivity index (χ1v) is 11.9. The summed E-state index contributed by atoms with van der Waals surface area (Å²) in [5, 5.41) is 0. The zero-order valence-electron chi connectivity index (χ0n) is 17.6. The largest absolute Gasteiger partial charge is 0.497 e. The van der Waals surface area contributed by atoms with Crippen molar-refractivity contribution >= 4 is 11.3 Å². The van der Waals surface area contributed by atoms with Crippen LogP contribution in [0.3, 0.4) is 0 Å². The smallest absolute Gasteiger partial charge is 0.131 e. The van der Waals surface area contributed by atoms with Gasteiger partial charge in [-0.05, 0) is 54.8 Å². The van der Waals surface area contributed by atoms with E-state index in [0.717, 1.165) is 37.6 Å². The van der Waals surface area contributed by atoms with Crippen molar-refractivity contribution in [2.45, 2.75) is 57.5 Å². The zero-order chi connectivity index (χ0) is 20.3. The molecular formula is C25H29N3OS. The molecule has 5 heteroatoms. The Morgan fingerprint density at radius 1 is 1.07 bits per heavy atom. The van der Waals surface area contributed by atoms with Gasteiger partial charge in [0.15, 0.2) is 0 Å². The molecule has 156 valence electrons. The molecule has 1 fully saturated rings. The summed E-state index contributed by atoms with van der Waals surface area (Å²) < 4.78 is 5.27. The maximum Gasteiger partial charge on any atom is 0.131 e. The van der Waals surface area contributed by atoms with Crippen molar-refractivity contribution in [2.75, 3.05) is 13.7 Å². The molecule has 1 saturated carbocycles. The number of methoxy groups -OCH3 is 1. The summed E-state index contributed by atoms with van der Waals surface area (Å²) >= 11 is 1.88. The molecule has 0 spiro atoms. The van der Waals surface area contributed by atoms with Gasteiger partial charge in [-0.2, -0.15) is 0 Å². The van der Waals surface area contributed by atoms with E-state index in [1.54, 1.807) is 7.11 Å². The second kappa shape index (κ2) is 8.86. The van der Waals surface area contributed by atoms with E-state index in [-0.39, 0.29) is 0 Å². The van der Waals surface area contributed by atoms with E-state index in [4.69, 9.17) is 14.7 Å². The highest BCUT2D eigenvalue weighted by Gasteiger charge is 2.23. The first-order chi connectivity index (χ1) is 14.8. The van der Waals surface area contributed by atoms with Gasteiger partial charge in [0.25, 0.3) is 0 Å². The molecule has 0 unspecified atom stereocenters. The first kappa shape index (κ1) is 19.7. The Morgan fingerprint density at radius 3 is 2.70 bits per heavy atom. The normalized spacial score (nSPS) is 17.6. The Kier molecular flexibility index (Phi) is 5.82. The van der Waals surface area contributed by atoms with Crippen molar-refractivity contribution in [1.29, 1.82) is 0 Å². The highest BCUT2D eigenvalue weighted by molar-refractivity contribution is 7.15. The Hall–Kier alpha value is -2.24. The number of benzene rings is 1. The Balaban J connectivity index is 1.24. The van der Waals surface area contributed by atoms with Gasteiger partial charge in [0, 0.05) is 59.2 Å². The van der Waals surface area contributed by atoms with Crippen LogP contribution in [0.15, 0.2) is 42.6 Å². The predicted octanol–water partition coefficient (Wildman–Crippen LogP) is 5.82. The van der Waals surface area contributed by atoms with Gasteiger partial charge in [0.1, 0.15) is 11.6 Å². The highest BCUT2D eigenvalue weighted by atomic mass is 32.1. The fourth-order valence-electron chi connectivity index (χ4n) is 4.68. The number of rotatable bonds is 5. The molecule has 0 bridgehead atoms. The van der Waals surface area contributed by atoms with Gasteiger partial charge in [0.05, 0.1) is 7.11 Å². The van der Waals surface area contributed by atoms with E-state index in [1.807, 2.05) is 23.5 Å². The molecule has 30 heavy (non-hydrogen) atoms. The lowest BCUT2D eigenvalue weighted by atomic mass is 9.88. The summed E-state index contributed by atoms with van der Waals surface area (Å²) in [5.41, 5.74) is 3.85. The van der Waals surface area contributed by atoms with E-state index in [0.29, 0.717) is 5.92 Å². The number of aromatic nitrogens is 2. The average molecular weight is 420 g/mol. The van der Waals surface area contributed by atoms with E-state index in [9.17, 15) is 0 Å². The summed E-state index contributed by atoms with van der Waals surface area (Å²) in [5.74, 6) is 2.59. The third-order valence-electron chi connectivity index (χ3n) is 6.42. The number of nitrogens with zero attached hydrogens (tertiary/aromatic N) is 3. The third-order valence-corrected chi connectivity index (χ3v) is 7.54. The molecule has 3 heterocycles. The zero-order valence-corrected chi connectivity index (χ0v) is 18.5. The van der Waals surface area contributed by atoms with Crippen LogP contribution >= 0.6 is 11.3 Å². The van der Waals surface area contributed by atoms with Crippen LogP contribution in [-0.4, -0.2) is 28.5 Å². The molecule has 1 aliphatic carbocycles. The molecule has 4 nitrogen and oxygen atoms in total. The standard InChI is InChI=1S/C25H29N3OS/c1-29-21-9-7-18(8-10-21)24-12-11-22(30-24)17-28-14-13-23-20(16-28)15-26-25(27-23)19-5-3-2-4-6-19/h7-12,15,19H,2-6,13-14,16-17H2,1H3. The van der Waals surface area contributed by atoms with Crippen LogP contribution in [-0.2, 0) is 19.5 Å². The molecular weight excluding hydrogens is 390 g/mol. The second-order valence-corrected chi connectivity index (χ2v) is 9.66.